The van der Waals surface area contributed by atoms with E-state index in [1.807, 2.05) is 31.4 Å². The van der Waals surface area contributed by atoms with Gasteiger partial charge in [-0.1, -0.05) is 13.0 Å². The minimum atomic E-state index is -0.967. The van der Waals surface area contributed by atoms with Gasteiger partial charge in [0.25, 0.3) is 0 Å². The first kappa shape index (κ1) is 13.7. The van der Waals surface area contributed by atoms with Gasteiger partial charge in [0.2, 0.25) is 5.91 Å². The Hall–Kier alpha value is -1.36. The molecule has 0 aliphatic carbocycles. The van der Waals surface area contributed by atoms with Gasteiger partial charge in [-0.05, 0) is 24.8 Å². The molecule has 0 fully saturated rings. The smallest absolute Gasteiger partial charge is 0.323 e. The number of thiophene rings is 1. The van der Waals surface area contributed by atoms with Gasteiger partial charge in [0.1, 0.15) is 6.54 Å². The highest BCUT2D eigenvalue weighted by molar-refractivity contribution is 7.10. The second kappa shape index (κ2) is 6.39. The molecule has 1 atom stereocenters. The standard InChI is InChI=1S/C12H17NO3S/c1-3-6-13(8-11(14)15)12(16)9(2)10-5-4-7-17-10/h4-5,7,9H,3,6,8H2,1-2H3,(H,14,15)/t9-/m1/s1. The lowest BCUT2D eigenvalue weighted by Crippen LogP contribution is -2.38. The molecule has 0 unspecified atom stereocenters. The Morgan fingerprint density at radius 1 is 1.53 bits per heavy atom. The van der Waals surface area contributed by atoms with E-state index in [0.717, 1.165) is 11.3 Å². The van der Waals surface area contributed by atoms with E-state index >= 15 is 0 Å². The Labute approximate surface area is 105 Å². The van der Waals surface area contributed by atoms with Gasteiger partial charge in [-0.15, -0.1) is 11.3 Å². The summed E-state index contributed by atoms with van der Waals surface area (Å²) in [5, 5.41) is 10.7. The molecular weight excluding hydrogens is 238 g/mol. The number of amides is 1. The maximum atomic E-state index is 12.1. The predicted molar refractivity (Wildman–Crippen MR) is 67.2 cm³/mol. The molecule has 1 N–H and O–H groups in total. The van der Waals surface area contributed by atoms with Gasteiger partial charge in [0, 0.05) is 11.4 Å². The first-order valence-electron chi connectivity index (χ1n) is 5.60. The third-order valence-corrected chi connectivity index (χ3v) is 3.53. The molecule has 0 radical (unpaired) electrons. The molecule has 1 amide bonds. The van der Waals surface area contributed by atoms with Crippen LogP contribution in [0.1, 0.15) is 31.1 Å². The molecule has 17 heavy (non-hydrogen) atoms. The fourth-order valence-corrected chi connectivity index (χ4v) is 2.41. The van der Waals surface area contributed by atoms with Crippen molar-refractivity contribution in [3.8, 4) is 0 Å². The molecule has 0 spiro atoms. The van der Waals surface area contributed by atoms with Crippen molar-refractivity contribution in [3.63, 3.8) is 0 Å². The van der Waals surface area contributed by atoms with E-state index in [-0.39, 0.29) is 18.4 Å². The maximum Gasteiger partial charge on any atom is 0.323 e. The average molecular weight is 255 g/mol. The zero-order chi connectivity index (χ0) is 12.8. The topological polar surface area (TPSA) is 57.6 Å². The van der Waals surface area contributed by atoms with Gasteiger partial charge in [0.15, 0.2) is 0 Å². The molecule has 0 aliphatic heterocycles. The Morgan fingerprint density at radius 2 is 2.24 bits per heavy atom. The summed E-state index contributed by atoms with van der Waals surface area (Å²) in [5.41, 5.74) is 0. The molecule has 5 heteroatoms. The van der Waals surface area contributed by atoms with Crippen LogP contribution < -0.4 is 0 Å². The molecule has 1 aromatic heterocycles. The third-order valence-electron chi connectivity index (χ3n) is 2.47. The normalized spacial score (nSPS) is 12.1. The SMILES string of the molecule is CCCN(CC(=O)O)C(=O)[C@H](C)c1cccs1. The lowest BCUT2D eigenvalue weighted by atomic mass is 10.1. The monoisotopic (exact) mass is 255 g/mol. The van der Waals surface area contributed by atoms with Crippen LogP contribution in [0.3, 0.4) is 0 Å². The second-order valence-corrected chi connectivity index (χ2v) is 4.87. The first-order chi connectivity index (χ1) is 8.06. The molecular formula is C12H17NO3S. The van der Waals surface area contributed by atoms with E-state index in [1.54, 1.807) is 0 Å². The second-order valence-electron chi connectivity index (χ2n) is 3.89. The number of hydrogen-bond donors (Lipinski definition) is 1. The van der Waals surface area contributed by atoms with Crippen LogP contribution >= 0.6 is 11.3 Å². The van der Waals surface area contributed by atoms with E-state index in [9.17, 15) is 9.59 Å². The Morgan fingerprint density at radius 3 is 2.71 bits per heavy atom. The minimum absolute atomic E-state index is 0.114. The zero-order valence-electron chi connectivity index (χ0n) is 10.0. The molecule has 4 nitrogen and oxygen atoms in total. The largest absolute Gasteiger partial charge is 0.480 e. The van der Waals surface area contributed by atoms with Crippen LogP contribution in [0.4, 0.5) is 0 Å². The van der Waals surface area contributed by atoms with Crippen LogP contribution in [0.5, 0.6) is 0 Å². The lowest BCUT2D eigenvalue weighted by Gasteiger charge is -2.23. The number of carbonyl (C=O) groups is 2. The van der Waals surface area contributed by atoms with E-state index in [4.69, 9.17) is 5.11 Å². The molecule has 1 rings (SSSR count). The Kier molecular flexibility index (Phi) is 5.15. The van der Waals surface area contributed by atoms with Gasteiger partial charge < -0.3 is 10.0 Å². The number of carboxylic acids is 1. The third kappa shape index (κ3) is 3.85. The van der Waals surface area contributed by atoms with Gasteiger partial charge in [-0.25, -0.2) is 0 Å². The molecule has 1 heterocycles. The Balaban J connectivity index is 2.73. The van der Waals surface area contributed by atoms with Crippen molar-refractivity contribution in [1.29, 1.82) is 0 Å². The van der Waals surface area contributed by atoms with Crippen molar-refractivity contribution < 1.29 is 14.7 Å². The fourth-order valence-electron chi connectivity index (χ4n) is 1.63. The predicted octanol–water partition coefficient (Wildman–Crippen LogP) is 2.17. The van der Waals surface area contributed by atoms with Gasteiger partial charge in [-0.2, -0.15) is 0 Å². The molecule has 0 saturated heterocycles. The van der Waals surface area contributed by atoms with Crippen molar-refractivity contribution in [2.24, 2.45) is 0 Å². The summed E-state index contributed by atoms with van der Waals surface area (Å²) in [7, 11) is 0. The van der Waals surface area contributed by atoms with Crippen LogP contribution in [-0.4, -0.2) is 35.0 Å². The van der Waals surface area contributed by atoms with Crippen LogP contribution in [0.2, 0.25) is 0 Å². The highest BCUT2D eigenvalue weighted by Crippen LogP contribution is 2.22. The first-order valence-corrected chi connectivity index (χ1v) is 6.48. The number of carboxylic acid groups (broad SMARTS) is 1. The van der Waals surface area contributed by atoms with Gasteiger partial charge in [-0.3, -0.25) is 9.59 Å². The number of rotatable bonds is 6. The molecule has 0 aliphatic rings. The molecule has 0 saturated carbocycles. The summed E-state index contributed by atoms with van der Waals surface area (Å²) in [6, 6.07) is 3.79. The van der Waals surface area contributed by atoms with Gasteiger partial charge in [0.05, 0.1) is 5.92 Å². The molecule has 94 valence electrons. The average Bonchev–Trinajstić information content (AvgIpc) is 2.79. The highest BCUT2D eigenvalue weighted by atomic mass is 32.1. The van der Waals surface area contributed by atoms with Crippen molar-refractivity contribution in [2.45, 2.75) is 26.2 Å². The van der Waals surface area contributed by atoms with Crippen molar-refractivity contribution in [1.82, 2.24) is 4.90 Å². The molecule has 1 aromatic rings. The van der Waals surface area contributed by atoms with E-state index < -0.39 is 5.97 Å². The zero-order valence-corrected chi connectivity index (χ0v) is 10.9. The quantitative estimate of drug-likeness (QED) is 0.847. The number of nitrogens with zero attached hydrogens (tertiary/aromatic N) is 1. The minimum Gasteiger partial charge on any atom is -0.480 e. The summed E-state index contributed by atoms with van der Waals surface area (Å²) in [6.07, 6.45) is 0.760. The summed E-state index contributed by atoms with van der Waals surface area (Å²) < 4.78 is 0. The Bertz CT molecular complexity index is 375. The van der Waals surface area contributed by atoms with Gasteiger partial charge >= 0.3 is 5.97 Å². The number of hydrogen-bond acceptors (Lipinski definition) is 3. The van der Waals surface area contributed by atoms with Crippen molar-refractivity contribution in [2.75, 3.05) is 13.1 Å². The van der Waals surface area contributed by atoms with Crippen LogP contribution in [0, 0.1) is 0 Å². The summed E-state index contributed by atoms with van der Waals surface area (Å²) in [5.74, 6) is -1.34. The van der Waals surface area contributed by atoms with Crippen LogP contribution in [0.25, 0.3) is 0 Å². The maximum absolute atomic E-state index is 12.1. The van der Waals surface area contributed by atoms with E-state index in [0.29, 0.717) is 6.54 Å². The summed E-state index contributed by atoms with van der Waals surface area (Å²) in [4.78, 5) is 25.2. The van der Waals surface area contributed by atoms with Crippen molar-refractivity contribution in [3.05, 3.63) is 22.4 Å². The number of carbonyl (C=O) groups excluding carboxylic acids is 1. The van der Waals surface area contributed by atoms with Crippen LogP contribution in [-0.2, 0) is 9.59 Å². The lowest BCUT2D eigenvalue weighted by molar-refractivity contribution is -0.144. The van der Waals surface area contributed by atoms with E-state index in [2.05, 4.69) is 0 Å². The molecule has 0 bridgehead atoms. The van der Waals surface area contributed by atoms with Crippen molar-refractivity contribution >= 4 is 23.2 Å². The number of aliphatic carboxylic acids is 1. The van der Waals surface area contributed by atoms with Crippen LogP contribution in [0.15, 0.2) is 17.5 Å². The summed E-state index contributed by atoms with van der Waals surface area (Å²) in [6.45, 7) is 4.01. The molecule has 0 aromatic carbocycles. The van der Waals surface area contributed by atoms with E-state index in [1.165, 1.54) is 16.2 Å². The summed E-state index contributed by atoms with van der Waals surface area (Å²) >= 11 is 1.52. The highest BCUT2D eigenvalue weighted by Gasteiger charge is 2.23. The fraction of sp³-hybridized carbons (Fsp3) is 0.500.